The first-order chi connectivity index (χ1) is 6.93. The molecule has 2 N–H and O–H groups in total. The normalized spacial score (nSPS) is 11.6. The Labute approximate surface area is 87.6 Å². The molecule has 0 fully saturated rings. The minimum absolute atomic E-state index is 0.165. The summed E-state index contributed by atoms with van der Waals surface area (Å²) in [6.07, 6.45) is 0.638. The highest BCUT2D eigenvalue weighted by Crippen LogP contribution is 1.98. The maximum absolute atomic E-state index is 10.6. The molecule has 0 radical (unpaired) electrons. The van der Waals surface area contributed by atoms with E-state index in [1.165, 1.54) is 13.8 Å². The summed E-state index contributed by atoms with van der Waals surface area (Å²) in [5.74, 6) is -1.88. The van der Waals surface area contributed by atoms with Gasteiger partial charge in [0.2, 0.25) is 5.91 Å². The molecule has 0 saturated heterocycles. The summed E-state index contributed by atoms with van der Waals surface area (Å²) in [5.41, 5.74) is 0. The highest BCUT2D eigenvalue weighted by atomic mass is 16.5. The average Bonchev–Trinajstić information content (AvgIpc) is 2.08. The Kier molecular flexibility index (Phi) is 6.08. The van der Waals surface area contributed by atoms with Crippen LogP contribution in [0.3, 0.4) is 0 Å². The molecule has 0 spiro atoms. The number of nitrogens with one attached hydrogen (secondary N) is 1. The number of ether oxygens (including phenoxy) is 1. The summed E-state index contributed by atoms with van der Waals surface area (Å²) in [7, 11) is 0. The SMILES string of the molecule is CC(=O)NC(CCCOC(C)=O)C(=O)O. The lowest BCUT2D eigenvalue weighted by Crippen LogP contribution is -2.39. The zero-order valence-corrected chi connectivity index (χ0v) is 8.78. The van der Waals surface area contributed by atoms with Gasteiger partial charge in [-0.25, -0.2) is 4.79 Å². The Balaban J connectivity index is 3.81. The predicted octanol–water partition coefficient (Wildman–Crippen LogP) is -0.0810. The molecule has 0 aromatic rings. The monoisotopic (exact) mass is 217 g/mol. The van der Waals surface area contributed by atoms with Gasteiger partial charge >= 0.3 is 11.9 Å². The van der Waals surface area contributed by atoms with Crippen LogP contribution in [0.2, 0.25) is 0 Å². The van der Waals surface area contributed by atoms with Gasteiger partial charge in [-0.1, -0.05) is 0 Å². The molecule has 0 aliphatic heterocycles. The lowest BCUT2D eigenvalue weighted by atomic mass is 10.1. The molecule has 0 aliphatic carbocycles. The third-order valence-corrected chi connectivity index (χ3v) is 1.62. The molecule has 15 heavy (non-hydrogen) atoms. The van der Waals surface area contributed by atoms with E-state index in [0.29, 0.717) is 6.42 Å². The Hall–Kier alpha value is -1.59. The summed E-state index contributed by atoms with van der Waals surface area (Å²) in [5, 5.41) is 11.0. The lowest BCUT2D eigenvalue weighted by Gasteiger charge is -2.12. The summed E-state index contributed by atoms with van der Waals surface area (Å²) in [4.78, 5) is 31.7. The summed E-state index contributed by atoms with van der Waals surface area (Å²) < 4.78 is 4.63. The molecule has 0 saturated carbocycles. The second-order valence-electron chi connectivity index (χ2n) is 3.07. The standard InChI is InChI=1S/C9H15NO5/c1-6(11)10-8(9(13)14)4-3-5-15-7(2)12/h8H,3-5H2,1-2H3,(H,10,11)(H,13,14). The summed E-state index contributed by atoms with van der Waals surface area (Å²) >= 11 is 0. The molecular formula is C9H15NO5. The van der Waals surface area contributed by atoms with E-state index in [1.54, 1.807) is 0 Å². The number of carboxylic acid groups (broad SMARTS) is 1. The first-order valence-electron chi connectivity index (χ1n) is 4.56. The number of hydrogen-bond donors (Lipinski definition) is 2. The van der Waals surface area contributed by atoms with Crippen LogP contribution >= 0.6 is 0 Å². The van der Waals surface area contributed by atoms with Crippen molar-refractivity contribution in [3.05, 3.63) is 0 Å². The molecule has 6 nitrogen and oxygen atoms in total. The molecule has 0 aromatic heterocycles. The molecule has 1 atom stereocenters. The maximum atomic E-state index is 10.6. The van der Waals surface area contributed by atoms with E-state index < -0.39 is 23.9 Å². The van der Waals surface area contributed by atoms with Crippen molar-refractivity contribution in [1.29, 1.82) is 0 Å². The lowest BCUT2D eigenvalue weighted by molar-refractivity contribution is -0.142. The molecule has 1 amide bonds. The third-order valence-electron chi connectivity index (χ3n) is 1.62. The molecule has 6 heteroatoms. The molecule has 0 aromatic carbocycles. The van der Waals surface area contributed by atoms with Gasteiger partial charge in [-0.3, -0.25) is 9.59 Å². The number of hydrogen-bond acceptors (Lipinski definition) is 4. The Bertz CT molecular complexity index is 251. The molecule has 0 bridgehead atoms. The van der Waals surface area contributed by atoms with Gasteiger partial charge in [0.1, 0.15) is 6.04 Å². The smallest absolute Gasteiger partial charge is 0.326 e. The van der Waals surface area contributed by atoms with Crippen molar-refractivity contribution >= 4 is 17.8 Å². The quantitative estimate of drug-likeness (QED) is 0.479. The number of amides is 1. The number of carbonyl (C=O) groups excluding carboxylic acids is 2. The van der Waals surface area contributed by atoms with E-state index in [4.69, 9.17) is 5.11 Å². The highest BCUT2D eigenvalue weighted by Gasteiger charge is 2.17. The van der Waals surface area contributed by atoms with Gasteiger partial charge in [0.25, 0.3) is 0 Å². The minimum atomic E-state index is -1.09. The van der Waals surface area contributed by atoms with E-state index in [2.05, 4.69) is 10.1 Å². The Morgan fingerprint density at radius 1 is 1.33 bits per heavy atom. The molecule has 0 heterocycles. The van der Waals surface area contributed by atoms with Crippen LogP contribution in [0.4, 0.5) is 0 Å². The van der Waals surface area contributed by atoms with Gasteiger partial charge in [-0.05, 0) is 12.8 Å². The van der Waals surface area contributed by atoms with E-state index in [1.807, 2.05) is 0 Å². The van der Waals surface area contributed by atoms with Gasteiger partial charge in [-0.15, -0.1) is 0 Å². The number of esters is 1. The Morgan fingerprint density at radius 2 is 1.93 bits per heavy atom. The first kappa shape index (κ1) is 13.4. The summed E-state index contributed by atoms with van der Waals surface area (Å²) in [6, 6.07) is -0.918. The Morgan fingerprint density at radius 3 is 2.33 bits per heavy atom. The van der Waals surface area contributed by atoms with Crippen LogP contribution in [0.1, 0.15) is 26.7 Å². The second-order valence-corrected chi connectivity index (χ2v) is 3.07. The second kappa shape index (κ2) is 6.80. The van der Waals surface area contributed by atoms with Gasteiger partial charge in [0, 0.05) is 13.8 Å². The van der Waals surface area contributed by atoms with Crippen LogP contribution < -0.4 is 5.32 Å². The number of rotatable bonds is 6. The number of carbonyl (C=O) groups is 3. The largest absolute Gasteiger partial charge is 0.480 e. The van der Waals surface area contributed by atoms with Crippen molar-refractivity contribution in [3.63, 3.8) is 0 Å². The average molecular weight is 217 g/mol. The van der Waals surface area contributed by atoms with Crippen molar-refractivity contribution in [3.8, 4) is 0 Å². The zero-order valence-electron chi connectivity index (χ0n) is 8.78. The number of carboxylic acids is 1. The van der Waals surface area contributed by atoms with Crippen molar-refractivity contribution in [2.75, 3.05) is 6.61 Å². The third kappa shape index (κ3) is 7.48. The van der Waals surface area contributed by atoms with Crippen molar-refractivity contribution in [2.45, 2.75) is 32.7 Å². The number of aliphatic carboxylic acids is 1. The molecule has 0 rings (SSSR count). The fraction of sp³-hybridized carbons (Fsp3) is 0.667. The molecule has 86 valence electrons. The van der Waals surface area contributed by atoms with Crippen LogP contribution in [-0.4, -0.2) is 35.6 Å². The van der Waals surface area contributed by atoms with Gasteiger partial charge < -0.3 is 15.2 Å². The van der Waals surface area contributed by atoms with E-state index in [-0.39, 0.29) is 13.0 Å². The molecule has 0 aliphatic rings. The zero-order chi connectivity index (χ0) is 11.8. The van der Waals surface area contributed by atoms with Crippen LogP contribution in [-0.2, 0) is 19.1 Å². The van der Waals surface area contributed by atoms with Crippen molar-refractivity contribution in [1.82, 2.24) is 5.32 Å². The fourth-order valence-corrected chi connectivity index (χ4v) is 1.01. The summed E-state index contributed by atoms with van der Waals surface area (Å²) in [6.45, 7) is 2.70. The van der Waals surface area contributed by atoms with Crippen LogP contribution in [0.25, 0.3) is 0 Å². The van der Waals surface area contributed by atoms with E-state index in [9.17, 15) is 14.4 Å². The molecular weight excluding hydrogens is 202 g/mol. The van der Waals surface area contributed by atoms with E-state index >= 15 is 0 Å². The fourth-order valence-electron chi connectivity index (χ4n) is 1.01. The van der Waals surface area contributed by atoms with Gasteiger partial charge in [0.05, 0.1) is 6.61 Å². The van der Waals surface area contributed by atoms with Crippen molar-refractivity contribution in [2.24, 2.45) is 0 Å². The van der Waals surface area contributed by atoms with Crippen molar-refractivity contribution < 1.29 is 24.2 Å². The van der Waals surface area contributed by atoms with Crippen LogP contribution in [0.5, 0.6) is 0 Å². The topological polar surface area (TPSA) is 92.7 Å². The minimum Gasteiger partial charge on any atom is -0.480 e. The first-order valence-corrected chi connectivity index (χ1v) is 4.56. The van der Waals surface area contributed by atoms with Crippen LogP contribution in [0, 0.1) is 0 Å². The maximum Gasteiger partial charge on any atom is 0.326 e. The van der Waals surface area contributed by atoms with Gasteiger partial charge in [-0.2, -0.15) is 0 Å². The predicted molar refractivity (Wildman–Crippen MR) is 51.1 cm³/mol. The molecule has 1 unspecified atom stereocenters. The van der Waals surface area contributed by atoms with Gasteiger partial charge in [0.15, 0.2) is 0 Å². The van der Waals surface area contributed by atoms with E-state index in [0.717, 1.165) is 0 Å². The highest BCUT2D eigenvalue weighted by molar-refractivity contribution is 5.81. The van der Waals surface area contributed by atoms with Crippen LogP contribution in [0.15, 0.2) is 0 Å².